The normalized spacial score (nSPS) is 10.5. The van der Waals surface area contributed by atoms with Crippen molar-refractivity contribution in [2.75, 3.05) is 25.1 Å². The van der Waals surface area contributed by atoms with Gasteiger partial charge in [-0.05, 0) is 38.5 Å². The Labute approximate surface area is 190 Å². The molecule has 0 atom stereocenters. The van der Waals surface area contributed by atoms with Crippen molar-refractivity contribution >= 4 is 34.1 Å². The predicted octanol–water partition coefficient (Wildman–Crippen LogP) is 5.28. The molecule has 0 unspecified atom stereocenters. The third-order valence-electron chi connectivity index (χ3n) is 4.00. The Hall–Kier alpha value is -2.78. The van der Waals surface area contributed by atoms with Gasteiger partial charge in [-0.2, -0.15) is 0 Å². The van der Waals surface area contributed by atoms with E-state index in [4.69, 9.17) is 14.2 Å². The van der Waals surface area contributed by atoms with Crippen LogP contribution in [-0.2, 0) is 5.75 Å². The highest BCUT2D eigenvalue weighted by molar-refractivity contribution is 8.00. The summed E-state index contributed by atoms with van der Waals surface area (Å²) in [5.41, 5.74) is 1.60. The topological polar surface area (TPSA) is 82.6 Å². The molecule has 0 spiro atoms. The van der Waals surface area contributed by atoms with Crippen LogP contribution in [0.1, 0.15) is 36.7 Å². The molecule has 31 heavy (non-hydrogen) atoms. The quantitative estimate of drug-likeness (QED) is 0.309. The molecule has 7 nitrogen and oxygen atoms in total. The molecule has 0 saturated carbocycles. The van der Waals surface area contributed by atoms with Crippen LogP contribution in [0.5, 0.6) is 17.2 Å². The number of hydrogen-bond donors (Lipinski definition) is 1. The minimum Gasteiger partial charge on any atom is -0.490 e. The molecule has 0 bridgehead atoms. The van der Waals surface area contributed by atoms with E-state index in [1.54, 1.807) is 23.9 Å². The number of nitrogens with one attached hydrogen (secondary N) is 1. The van der Waals surface area contributed by atoms with Crippen LogP contribution in [0, 0.1) is 0 Å². The number of nitrogens with zero attached hydrogens (tertiary/aromatic N) is 2. The summed E-state index contributed by atoms with van der Waals surface area (Å²) >= 11 is 2.92. The molecule has 1 N–H and O–H groups in total. The predicted molar refractivity (Wildman–Crippen MR) is 124 cm³/mol. The summed E-state index contributed by atoms with van der Waals surface area (Å²) in [6, 6.07) is 13.4. The molecule has 2 aromatic carbocycles. The maximum atomic E-state index is 12.9. The third-order valence-corrected chi connectivity index (χ3v) is 6.05. The number of aromatic nitrogens is 2. The van der Waals surface area contributed by atoms with Gasteiger partial charge in [0.1, 0.15) is 0 Å². The molecule has 9 heteroatoms. The summed E-state index contributed by atoms with van der Waals surface area (Å²) in [6.45, 7) is 6.97. The van der Waals surface area contributed by atoms with Crippen LogP contribution < -0.4 is 19.5 Å². The maximum Gasteiger partial charge on any atom is 0.257 e. The molecular weight excluding hydrogens is 434 g/mol. The fourth-order valence-corrected chi connectivity index (χ4v) is 4.43. The van der Waals surface area contributed by atoms with E-state index in [9.17, 15) is 4.79 Å². The van der Waals surface area contributed by atoms with E-state index in [0.29, 0.717) is 47.8 Å². The number of ether oxygens (including phenoxy) is 3. The monoisotopic (exact) mass is 459 g/mol. The van der Waals surface area contributed by atoms with Crippen LogP contribution in [0.2, 0.25) is 0 Å². The Kier molecular flexibility index (Phi) is 8.54. The third kappa shape index (κ3) is 6.35. The van der Waals surface area contributed by atoms with E-state index in [1.807, 2.05) is 39.0 Å². The number of amides is 1. The Balaban J connectivity index is 1.73. The minimum absolute atomic E-state index is 0.319. The average molecular weight is 460 g/mol. The van der Waals surface area contributed by atoms with Gasteiger partial charge in [-0.15, -0.1) is 10.2 Å². The van der Waals surface area contributed by atoms with E-state index < -0.39 is 0 Å². The highest BCUT2D eigenvalue weighted by atomic mass is 32.2. The molecule has 3 aromatic rings. The van der Waals surface area contributed by atoms with Gasteiger partial charge in [0.25, 0.3) is 5.91 Å². The van der Waals surface area contributed by atoms with Crippen LogP contribution in [0.3, 0.4) is 0 Å². The molecule has 0 aliphatic heterocycles. The van der Waals surface area contributed by atoms with Gasteiger partial charge < -0.3 is 14.2 Å². The minimum atomic E-state index is -0.319. The Morgan fingerprint density at radius 3 is 2.23 bits per heavy atom. The molecular formula is C22H25N3O4S2. The van der Waals surface area contributed by atoms with Crippen molar-refractivity contribution in [1.29, 1.82) is 0 Å². The smallest absolute Gasteiger partial charge is 0.257 e. The number of benzene rings is 2. The Morgan fingerprint density at radius 2 is 1.61 bits per heavy atom. The van der Waals surface area contributed by atoms with Crippen LogP contribution in [-0.4, -0.2) is 35.9 Å². The molecule has 0 aliphatic carbocycles. The second kappa shape index (κ2) is 11.6. The van der Waals surface area contributed by atoms with Crippen LogP contribution in [0.25, 0.3) is 0 Å². The fraction of sp³-hybridized carbons (Fsp3) is 0.318. The molecule has 3 rings (SSSR count). The van der Waals surface area contributed by atoms with Gasteiger partial charge in [-0.3, -0.25) is 10.1 Å². The van der Waals surface area contributed by atoms with E-state index >= 15 is 0 Å². The van der Waals surface area contributed by atoms with E-state index in [1.165, 1.54) is 16.9 Å². The molecule has 0 radical (unpaired) electrons. The first-order valence-electron chi connectivity index (χ1n) is 10.0. The van der Waals surface area contributed by atoms with E-state index in [-0.39, 0.29) is 5.91 Å². The molecule has 1 aromatic heterocycles. The molecule has 0 aliphatic rings. The zero-order chi connectivity index (χ0) is 22.1. The van der Waals surface area contributed by atoms with Crippen molar-refractivity contribution in [3.05, 3.63) is 53.6 Å². The van der Waals surface area contributed by atoms with Gasteiger partial charge in [-0.1, -0.05) is 53.4 Å². The first-order valence-corrected chi connectivity index (χ1v) is 11.8. The molecule has 1 heterocycles. The van der Waals surface area contributed by atoms with E-state index in [0.717, 1.165) is 10.1 Å². The molecule has 1 amide bonds. The van der Waals surface area contributed by atoms with Crippen molar-refractivity contribution in [1.82, 2.24) is 10.2 Å². The van der Waals surface area contributed by atoms with Crippen molar-refractivity contribution in [2.45, 2.75) is 30.9 Å². The van der Waals surface area contributed by atoms with Crippen molar-refractivity contribution < 1.29 is 19.0 Å². The second-order valence-corrected chi connectivity index (χ2v) is 8.40. The van der Waals surface area contributed by atoms with Gasteiger partial charge >= 0.3 is 0 Å². The largest absolute Gasteiger partial charge is 0.490 e. The van der Waals surface area contributed by atoms with Crippen molar-refractivity contribution in [3.8, 4) is 17.2 Å². The van der Waals surface area contributed by atoms with Gasteiger partial charge in [0, 0.05) is 11.3 Å². The summed E-state index contributed by atoms with van der Waals surface area (Å²) < 4.78 is 17.8. The SMILES string of the molecule is CCOc1cc(C(=O)Nc2nnc(SCc3ccccc3)s2)cc(OCC)c1OCC. The summed E-state index contributed by atoms with van der Waals surface area (Å²) in [7, 11) is 0. The Morgan fingerprint density at radius 1 is 0.968 bits per heavy atom. The number of carbonyl (C=O) groups is 1. The van der Waals surface area contributed by atoms with Crippen LogP contribution in [0.4, 0.5) is 5.13 Å². The first-order chi connectivity index (χ1) is 15.1. The molecule has 0 saturated heterocycles. The number of carbonyl (C=O) groups excluding carboxylic acids is 1. The van der Waals surface area contributed by atoms with E-state index in [2.05, 4.69) is 27.6 Å². The summed E-state index contributed by atoms with van der Waals surface area (Å²) in [5, 5.41) is 11.5. The lowest BCUT2D eigenvalue weighted by Gasteiger charge is -2.16. The standard InChI is InChI=1S/C22H25N3O4S2/c1-4-27-17-12-16(13-18(28-5-2)19(17)29-6-3)20(26)23-21-24-25-22(31-21)30-14-15-10-8-7-9-11-15/h7-13H,4-6,14H2,1-3H3,(H,23,24,26). The highest BCUT2D eigenvalue weighted by Gasteiger charge is 2.19. The lowest BCUT2D eigenvalue weighted by molar-refractivity contribution is 0.102. The Bertz CT molecular complexity index is 968. The van der Waals surface area contributed by atoms with Crippen LogP contribution >= 0.6 is 23.1 Å². The van der Waals surface area contributed by atoms with Crippen LogP contribution in [0.15, 0.2) is 46.8 Å². The lowest BCUT2D eigenvalue weighted by atomic mass is 10.1. The van der Waals surface area contributed by atoms with Gasteiger partial charge in [0.2, 0.25) is 10.9 Å². The maximum absolute atomic E-state index is 12.9. The molecule has 164 valence electrons. The zero-order valence-corrected chi connectivity index (χ0v) is 19.3. The number of hydrogen-bond acceptors (Lipinski definition) is 8. The highest BCUT2D eigenvalue weighted by Crippen LogP contribution is 2.39. The molecule has 0 fully saturated rings. The number of thioether (sulfide) groups is 1. The summed E-state index contributed by atoms with van der Waals surface area (Å²) in [4.78, 5) is 12.9. The first kappa shape index (κ1) is 22.9. The van der Waals surface area contributed by atoms with Gasteiger partial charge in [0.05, 0.1) is 19.8 Å². The number of rotatable bonds is 11. The average Bonchev–Trinajstić information content (AvgIpc) is 3.22. The van der Waals surface area contributed by atoms with Gasteiger partial charge in [-0.25, -0.2) is 0 Å². The zero-order valence-electron chi connectivity index (χ0n) is 17.7. The second-order valence-electron chi connectivity index (χ2n) is 6.20. The summed E-state index contributed by atoms with van der Waals surface area (Å²) in [6.07, 6.45) is 0. The summed E-state index contributed by atoms with van der Waals surface area (Å²) in [5.74, 6) is 1.91. The number of anilines is 1. The van der Waals surface area contributed by atoms with Crippen molar-refractivity contribution in [2.24, 2.45) is 0 Å². The lowest BCUT2D eigenvalue weighted by Crippen LogP contribution is -2.13. The van der Waals surface area contributed by atoms with Crippen molar-refractivity contribution in [3.63, 3.8) is 0 Å². The van der Waals surface area contributed by atoms with Gasteiger partial charge in [0.15, 0.2) is 15.8 Å². The fourth-order valence-electron chi connectivity index (χ4n) is 2.73.